The molecule has 1 aromatic carbocycles. The Bertz CT molecular complexity index is 863. The van der Waals surface area contributed by atoms with Crippen LogP contribution in [0, 0.1) is 5.41 Å². The minimum atomic E-state index is -1.20. The van der Waals surface area contributed by atoms with Crippen LogP contribution in [0.1, 0.15) is 20.3 Å². The lowest BCUT2D eigenvalue weighted by atomic mass is 9.70. The number of piperidine rings is 1. The molecule has 1 unspecified atom stereocenters. The standard InChI is InChI=1S/C19H23N3O4/c1-18(2)11-21(17(24)25)9-8-19(18,26)12-22-13-20-15(10-16(22)23)14-6-4-3-5-7-14/h3-7,10,13,26H,8-9,11-12H2,1-2H3,(H,24,25). The predicted octanol–water partition coefficient (Wildman–Crippen LogP) is 2.05. The lowest BCUT2D eigenvalue weighted by Crippen LogP contribution is -2.60. The molecule has 26 heavy (non-hydrogen) atoms. The summed E-state index contributed by atoms with van der Waals surface area (Å²) in [7, 11) is 0. The lowest BCUT2D eigenvalue weighted by molar-refractivity contribution is -0.123. The third-order valence-electron chi connectivity index (χ3n) is 5.29. The van der Waals surface area contributed by atoms with Gasteiger partial charge in [0.1, 0.15) is 0 Å². The van der Waals surface area contributed by atoms with Gasteiger partial charge in [-0.3, -0.25) is 9.36 Å². The molecule has 2 aromatic rings. The number of aromatic nitrogens is 2. The molecular formula is C19H23N3O4. The highest BCUT2D eigenvalue weighted by Gasteiger charge is 2.49. The van der Waals surface area contributed by atoms with Gasteiger partial charge in [0.05, 0.1) is 24.2 Å². The van der Waals surface area contributed by atoms with Crippen molar-refractivity contribution in [2.24, 2.45) is 5.41 Å². The van der Waals surface area contributed by atoms with Gasteiger partial charge in [-0.15, -0.1) is 0 Å². The number of hydrogen-bond donors (Lipinski definition) is 2. The summed E-state index contributed by atoms with van der Waals surface area (Å²) in [6.45, 7) is 4.16. The molecule has 1 amide bonds. The van der Waals surface area contributed by atoms with E-state index in [-0.39, 0.29) is 31.6 Å². The molecule has 1 aliphatic rings. The van der Waals surface area contributed by atoms with Crippen molar-refractivity contribution in [3.05, 3.63) is 53.1 Å². The number of rotatable bonds is 3. The minimum absolute atomic E-state index is 0.0777. The number of carboxylic acid groups (broad SMARTS) is 1. The second-order valence-corrected chi connectivity index (χ2v) is 7.48. The average molecular weight is 357 g/mol. The molecule has 2 heterocycles. The summed E-state index contributed by atoms with van der Waals surface area (Å²) in [5.41, 5.74) is -0.701. The zero-order chi connectivity index (χ0) is 18.9. The minimum Gasteiger partial charge on any atom is -0.465 e. The van der Waals surface area contributed by atoms with Gasteiger partial charge in [-0.05, 0) is 6.42 Å². The van der Waals surface area contributed by atoms with E-state index in [2.05, 4.69) is 4.98 Å². The predicted molar refractivity (Wildman–Crippen MR) is 96.9 cm³/mol. The van der Waals surface area contributed by atoms with Crippen molar-refractivity contribution in [1.82, 2.24) is 14.5 Å². The Morgan fingerprint density at radius 3 is 2.54 bits per heavy atom. The third kappa shape index (κ3) is 3.35. The fraction of sp³-hybridized carbons (Fsp3) is 0.421. The van der Waals surface area contributed by atoms with Crippen molar-refractivity contribution in [2.75, 3.05) is 13.1 Å². The van der Waals surface area contributed by atoms with Crippen molar-refractivity contribution in [1.29, 1.82) is 0 Å². The first-order valence-electron chi connectivity index (χ1n) is 8.54. The van der Waals surface area contributed by atoms with E-state index in [0.29, 0.717) is 5.69 Å². The number of benzene rings is 1. The van der Waals surface area contributed by atoms with Crippen LogP contribution >= 0.6 is 0 Å². The SMILES string of the molecule is CC1(C)CN(C(=O)O)CCC1(O)Cn1cnc(-c2ccccc2)cc1=O. The molecule has 0 bridgehead atoms. The highest BCUT2D eigenvalue weighted by Crippen LogP contribution is 2.39. The van der Waals surface area contributed by atoms with Gasteiger partial charge in [0.25, 0.3) is 5.56 Å². The van der Waals surface area contributed by atoms with Crippen LogP contribution in [0.3, 0.4) is 0 Å². The van der Waals surface area contributed by atoms with E-state index in [9.17, 15) is 19.8 Å². The summed E-state index contributed by atoms with van der Waals surface area (Å²) < 4.78 is 1.39. The van der Waals surface area contributed by atoms with E-state index < -0.39 is 17.1 Å². The largest absolute Gasteiger partial charge is 0.465 e. The van der Waals surface area contributed by atoms with Crippen molar-refractivity contribution in [2.45, 2.75) is 32.4 Å². The number of aliphatic hydroxyl groups is 1. The van der Waals surface area contributed by atoms with Crippen LogP contribution in [0.5, 0.6) is 0 Å². The molecule has 7 heteroatoms. The molecule has 0 saturated carbocycles. The molecule has 7 nitrogen and oxygen atoms in total. The first-order valence-corrected chi connectivity index (χ1v) is 8.54. The quantitative estimate of drug-likeness (QED) is 0.876. The molecule has 1 saturated heterocycles. The van der Waals surface area contributed by atoms with Gasteiger partial charge in [-0.2, -0.15) is 0 Å². The Kier molecular flexibility index (Phi) is 4.58. The number of hydrogen-bond acceptors (Lipinski definition) is 4. The molecule has 138 valence electrons. The molecule has 2 N–H and O–H groups in total. The van der Waals surface area contributed by atoms with Gasteiger partial charge < -0.3 is 15.1 Å². The van der Waals surface area contributed by atoms with E-state index >= 15 is 0 Å². The van der Waals surface area contributed by atoms with E-state index in [0.717, 1.165) is 5.56 Å². The van der Waals surface area contributed by atoms with Gasteiger partial charge in [-0.25, -0.2) is 9.78 Å². The third-order valence-corrected chi connectivity index (χ3v) is 5.29. The Labute approximate surface area is 151 Å². The number of likely N-dealkylation sites (tertiary alicyclic amines) is 1. The van der Waals surface area contributed by atoms with Gasteiger partial charge in [0, 0.05) is 30.1 Å². The highest BCUT2D eigenvalue weighted by molar-refractivity contribution is 5.65. The Morgan fingerprint density at radius 2 is 1.96 bits per heavy atom. The van der Waals surface area contributed by atoms with Gasteiger partial charge in [0.2, 0.25) is 0 Å². The Morgan fingerprint density at radius 1 is 1.27 bits per heavy atom. The van der Waals surface area contributed by atoms with E-state index in [1.165, 1.54) is 21.9 Å². The lowest BCUT2D eigenvalue weighted by Gasteiger charge is -2.49. The van der Waals surface area contributed by atoms with Crippen LogP contribution in [-0.4, -0.2) is 49.4 Å². The fourth-order valence-corrected chi connectivity index (χ4v) is 3.41. The summed E-state index contributed by atoms with van der Waals surface area (Å²) >= 11 is 0. The first kappa shape index (κ1) is 18.1. The molecule has 1 aliphatic heterocycles. The molecule has 0 spiro atoms. The Hall–Kier alpha value is -2.67. The fourth-order valence-electron chi connectivity index (χ4n) is 3.41. The summed E-state index contributed by atoms with van der Waals surface area (Å²) in [5.74, 6) is 0. The highest BCUT2D eigenvalue weighted by atomic mass is 16.4. The molecule has 0 radical (unpaired) electrons. The normalized spacial score (nSPS) is 22.2. The molecule has 1 fully saturated rings. The van der Waals surface area contributed by atoms with Crippen LogP contribution in [-0.2, 0) is 6.54 Å². The summed E-state index contributed by atoms with van der Waals surface area (Å²) in [6.07, 6.45) is 0.716. The van der Waals surface area contributed by atoms with Crippen molar-refractivity contribution < 1.29 is 15.0 Å². The molecule has 3 rings (SSSR count). The van der Waals surface area contributed by atoms with E-state index in [1.807, 2.05) is 44.2 Å². The average Bonchev–Trinajstić information content (AvgIpc) is 2.60. The second-order valence-electron chi connectivity index (χ2n) is 7.48. The Balaban J connectivity index is 1.84. The maximum Gasteiger partial charge on any atom is 0.407 e. The van der Waals surface area contributed by atoms with Crippen molar-refractivity contribution in [3.63, 3.8) is 0 Å². The van der Waals surface area contributed by atoms with Crippen LogP contribution < -0.4 is 5.56 Å². The maximum atomic E-state index is 12.5. The smallest absolute Gasteiger partial charge is 0.407 e. The number of amides is 1. The number of carbonyl (C=O) groups is 1. The zero-order valence-electron chi connectivity index (χ0n) is 14.9. The van der Waals surface area contributed by atoms with E-state index in [1.54, 1.807) is 0 Å². The zero-order valence-corrected chi connectivity index (χ0v) is 14.9. The second kappa shape index (κ2) is 6.57. The van der Waals surface area contributed by atoms with Gasteiger partial charge in [-0.1, -0.05) is 44.2 Å². The maximum absolute atomic E-state index is 12.5. The van der Waals surface area contributed by atoms with E-state index in [4.69, 9.17) is 0 Å². The summed E-state index contributed by atoms with van der Waals surface area (Å²) in [6, 6.07) is 10.9. The van der Waals surface area contributed by atoms with Crippen molar-refractivity contribution in [3.8, 4) is 11.3 Å². The summed E-state index contributed by atoms with van der Waals surface area (Å²) in [4.78, 5) is 29.4. The monoisotopic (exact) mass is 357 g/mol. The molecule has 1 atom stereocenters. The van der Waals surface area contributed by atoms with Crippen LogP contribution in [0.15, 0.2) is 47.5 Å². The number of nitrogens with zero attached hydrogens (tertiary/aromatic N) is 3. The van der Waals surface area contributed by atoms with Crippen LogP contribution in [0.25, 0.3) is 11.3 Å². The van der Waals surface area contributed by atoms with Crippen LogP contribution in [0.2, 0.25) is 0 Å². The van der Waals surface area contributed by atoms with Gasteiger partial charge >= 0.3 is 6.09 Å². The van der Waals surface area contributed by atoms with Crippen molar-refractivity contribution >= 4 is 6.09 Å². The molecule has 1 aromatic heterocycles. The molecule has 0 aliphatic carbocycles. The van der Waals surface area contributed by atoms with Gasteiger partial charge in [0.15, 0.2) is 0 Å². The van der Waals surface area contributed by atoms with Crippen LogP contribution in [0.4, 0.5) is 4.79 Å². The first-order chi connectivity index (χ1) is 12.2. The summed E-state index contributed by atoms with van der Waals surface area (Å²) in [5, 5.41) is 20.3. The molecular weight excluding hydrogens is 334 g/mol. The topological polar surface area (TPSA) is 95.7 Å².